The van der Waals surface area contributed by atoms with Gasteiger partial charge in [-0.3, -0.25) is 9.63 Å². The minimum Gasteiger partial charge on any atom is -0.443 e. The minimum atomic E-state index is -0.747. The van der Waals surface area contributed by atoms with Crippen molar-refractivity contribution < 1.29 is 19.2 Å². The van der Waals surface area contributed by atoms with Crippen LogP contribution < -0.4 is 10.8 Å². The Labute approximate surface area is 140 Å². The van der Waals surface area contributed by atoms with Gasteiger partial charge < -0.3 is 10.1 Å². The first-order chi connectivity index (χ1) is 11.6. The van der Waals surface area contributed by atoms with Crippen LogP contribution >= 0.6 is 0 Å². The zero-order chi connectivity index (χ0) is 17.2. The lowest BCUT2D eigenvalue weighted by Crippen LogP contribution is -2.34. The maximum absolute atomic E-state index is 11.8. The highest BCUT2D eigenvalue weighted by Crippen LogP contribution is 2.10. The van der Waals surface area contributed by atoms with E-state index < -0.39 is 6.09 Å². The second-order valence-corrected chi connectivity index (χ2v) is 5.15. The molecular weight excluding hydrogens is 308 g/mol. The van der Waals surface area contributed by atoms with Gasteiger partial charge in [-0.1, -0.05) is 60.7 Å². The van der Waals surface area contributed by atoms with Crippen molar-refractivity contribution in [1.29, 1.82) is 0 Å². The van der Waals surface area contributed by atoms with Crippen LogP contribution in [0.5, 0.6) is 0 Å². The molecule has 0 unspecified atom stereocenters. The molecule has 6 heteroatoms. The van der Waals surface area contributed by atoms with Gasteiger partial charge in [0.25, 0.3) is 0 Å². The number of hydrogen-bond donors (Lipinski definition) is 2. The molecule has 2 aromatic carbocycles. The first-order valence-corrected chi connectivity index (χ1v) is 7.58. The lowest BCUT2D eigenvalue weighted by atomic mass is 10.1. The minimum absolute atomic E-state index is 0.132. The highest BCUT2D eigenvalue weighted by Gasteiger charge is 2.10. The van der Waals surface area contributed by atoms with Gasteiger partial charge in [0.05, 0.1) is 6.04 Å². The fourth-order valence-electron chi connectivity index (χ4n) is 2.02. The number of hydrogen-bond acceptors (Lipinski definition) is 4. The molecule has 1 atom stereocenters. The summed E-state index contributed by atoms with van der Waals surface area (Å²) >= 11 is 0. The van der Waals surface area contributed by atoms with Crippen molar-refractivity contribution in [2.45, 2.75) is 19.6 Å². The van der Waals surface area contributed by atoms with Crippen LogP contribution in [0.3, 0.4) is 0 Å². The molecule has 0 aromatic heterocycles. The Bertz CT molecular complexity index is 647. The number of hydroxylamine groups is 1. The lowest BCUT2D eigenvalue weighted by Gasteiger charge is -2.14. The molecule has 0 aliphatic rings. The normalized spacial score (nSPS) is 11.4. The van der Waals surface area contributed by atoms with Gasteiger partial charge in [-0.25, -0.2) is 4.79 Å². The summed E-state index contributed by atoms with van der Waals surface area (Å²) in [5.74, 6) is -0.338. The summed E-state index contributed by atoms with van der Waals surface area (Å²) in [7, 11) is 0. The van der Waals surface area contributed by atoms with Gasteiger partial charge in [0, 0.05) is 0 Å². The van der Waals surface area contributed by atoms with E-state index in [-0.39, 0.29) is 25.2 Å². The summed E-state index contributed by atoms with van der Waals surface area (Å²) in [6, 6.07) is 18.7. The molecule has 0 saturated carbocycles. The van der Waals surface area contributed by atoms with E-state index in [0.29, 0.717) is 0 Å². The zero-order valence-electron chi connectivity index (χ0n) is 13.4. The molecule has 0 radical (unpaired) electrons. The first-order valence-electron chi connectivity index (χ1n) is 7.58. The molecule has 2 aromatic rings. The molecule has 0 saturated heterocycles. The van der Waals surface area contributed by atoms with Gasteiger partial charge in [-0.2, -0.15) is 5.48 Å². The highest BCUT2D eigenvalue weighted by atomic mass is 16.7. The van der Waals surface area contributed by atoms with Crippen LogP contribution in [-0.4, -0.2) is 18.6 Å². The van der Waals surface area contributed by atoms with E-state index in [4.69, 9.17) is 9.57 Å². The van der Waals surface area contributed by atoms with Crippen LogP contribution in [0.2, 0.25) is 0 Å². The van der Waals surface area contributed by atoms with Crippen molar-refractivity contribution in [3.05, 3.63) is 71.8 Å². The monoisotopic (exact) mass is 328 g/mol. The molecule has 0 spiro atoms. The van der Waals surface area contributed by atoms with Gasteiger partial charge in [0.15, 0.2) is 6.61 Å². The Hall–Kier alpha value is -2.86. The summed E-state index contributed by atoms with van der Waals surface area (Å²) in [4.78, 5) is 28.1. The summed E-state index contributed by atoms with van der Waals surface area (Å²) in [6.45, 7) is 1.71. The maximum atomic E-state index is 11.8. The highest BCUT2D eigenvalue weighted by molar-refractivity contribution is 5.77. The third kappa shape index (κ3) is 6.10. The molecule has 24 heavy (non-hydrogen) atoms. The molecule has 2 rings (SSSR count). The van der Waals surface area contributed by atoms with E-state index in [1.54, 1.807) is 0 Å². The van der Waals surface area contributed by atoms with Crippen LogP contribution in [0.1, 0.15) is 24.1 Å². The summed E-state index contributed by atoms with van der Waals surface area (Å²) < 4.78 is 4.95. The summed E-state index contributed by atoms with van der Waals surface area (Å²) in [5.41, 5.74) is 3.92. The number of rotatable bonds is 7. The number of carbonyl (C=O) groups excluding carboxylic acids is 2. The Morgan fingerprint density at radius 2 is 1.62 bits per heavy atom. The lowest BCUT2D eigenvalue weighted by molar-refractivity contribution is -0.128. The van der Waals surface area contributed by atoms with E-state index in [1.165, 1.54) is 0 Å². The number of carbonyl (C=O) groups is 2. The van der Waals surface area contributed by atoms with Crippen LogP contribution in [0.15, 0.2) is 60.7 Å². The summed E-state index contributed by atoms with van der Waals surface area (Å²) in [6.07, 6.45) is -0.747. The largest absolute Gasteiger partial charge is 0.443 e. The van der Waals surface area contributed by atoms with Crippen molar-refractivity contribution in [2.75, 3.05) is 6.61 Å². The predicted molar refractivity (Wildman–Crippen MR) is 88.7 cm³/mol. The van der Waals surface area contributed by atoms with Crippen molar-refractivity contribution >= 4 is 12.0 Å². The maximum Gasteiger partial charge on any atom is 0.431 e. The molecule has 0 heterocycles. The van der Waals surface area contributed by atoms with Crippen molar-refractivity contribution in [3.8, 4) is 0 Å². The Balaban J connectivity index is 1.62. The first kappa shape index (κ1) is 17.5. The van der Waals surface area contributed by atoms with Crippen LogP contribution in [-0.2, 0) is 21.0 Å². The van der Waals surface area contributed by atoms with Crippen molar-refractivity contribution in [2.24, 2.45) is 0 Å². The Kier molecular flexibility index (Phi) is 6.79. The third-order valence-corrected chi connectivity index (χ3v) is 3.25. The van der Waals surface area contributed by atoms with Crippen molar-refractivity contribution in [3.63, 3.8) is 0 Å². The van der Waals surface area contributed by atoms with E-state index in [1.807, 2.05) is 67.6 Å². The average molecular weight is 328 g/mol. The molecular formula is C18H20N2O4. The Morgan fingerprint density at radius 1 is 1.00 bits per heavy atom. The number of nitrogens with one attached hydrogen (secondary N) is 2. The van der Waals surface area contributed by atoms with Gasteiger partial charge in [-0.05, 0) is 18.1 Å². The molecule has 0 aliphatic carbocycles. The number of amides is 2. The van der Waals surface area contributed by atoms with Crippen molar-refractivity contribution in [1.82, 2.24) is 10.8 Å². The second-order valence-electron chi connectivity index (χ2n) is 5.15. The molecule has 2 N–H and O–H groups in total. The standard InChI is InChI=1S/C18H20N2O4/c1-14(16-10-6-3-7-11-16)19-17(21)13-24-20-18(22)23-12-15-8-4-2-5-9-15/h2-11,14H,12-13H2,1H3,(H,19,21)(H,20,22)/t14-/m1/s1. The molecule has 0 bridgehead atoms. The number of benzene rings is 2. The Morgan fingerprint density at radius 3 is 2.29 bits per heavy atom. The van der Waals surface area contributed by atoms with Crippen LogP contribution in [0, 0.1) is 0 Å². The number of ether oxygens (including phenoxy) is 1. The smallest absolute Gasteiger partial charge is 0.431 e. The molecule has 6 nitrogen and oxygen atoms in total. The van der Waals surface area contributed by atoms with Gasteiger partial charge in [0.1, 0.15) is 6.61 Å². The average Bonchev–Trinajstić information content (AvgIpc) is 2.61. The van der Waals surface area contributed by atoms with E-state index >= 15 is 0 Å². The molecule has 0 fully saturated rings. The quantitative estimate of drug-likeness (QED) is 0.766. The van der Waals surface area contributed by atoms with Crippen LogP contribution in [0.4, 0.5) is 4.79 Å². The topological polar surface area (TPSA) is 76.7 Å². The van der Waals surface area contributed by atoms with Gasteiger partial charge in [-0.15, -0.1) is 0 Å². The zero-order valence-corrected chi connectivity index (χ0v) is 13.4. The fraction of sp³-hybridized carbons (Fsp3) is 0.222. The van der Waals surface area contributed by atoms with Gasteiger partial charge in [0.2, 0.25) is 5.91 Å². The third-order valence-electron chi connectivity index (χ3n) is 3.25. The molecule has 126 valence electrons. The molecule has 0 aliphatic heterocycles. The predicted octanol–water partition coefficient (Wildman–Crippen LogP) is 2.72. The molecule has 2 amide bonds. The second kappa shape index (κ2) is 9.32. The SMILES string of the molecule is C[C@@H](NC(=O)CONC(=O)OCc1ccccc1)c1ccccc1. The fourth-order valence-corrected chi connectivity index (χ4v) is 2.02. The van der Waals surface area contributed by atoms with E-state index in [9.17, 15) is 9.59 Å². The van der Waals surface area contributed by atoms with Crippen LogP contribution in [0.25, 0.3) is 0 Å². The van der Waals surface area contributed by atoms with Gasteiger partial charge >= 0.3 is 6.09 Å². The van der Waals surface area contributed by atoms with E-state index in [2.05, 4.69) is 10.8 Å². The van der Waals surface area contributed by atoms with E-state index in [0.717, 1.165) is 11.1 Å². The summed E-state index contributed by atoms with van der Waals surface area (Å²) in [5, 5.41) is 2.77.